The van der Waals surface area contributed by atoms with Crippen LogP contribution in [0.2, 0.25) is 0 Å². The molecule has 0 unspecified atom stereocenters. The highest BCUT2D eigenvalue weighted by molar-refractivity contribution is 5.31. The lowest BCUT2D eigenvalue weighted by Crippen LogP contribution is -2.16. The van der Waals surface area contributed by atoms with E-state index in [0.717, 1.165) is 6.92 Å². The van der Waals surface area contributed by atoms with Crippen molar-refractivity contribution in [1.29, 1.82) is 0 Å². The second kappa shape index (κ2) is 4.26. The Bertz CT molecular complexity index is 298. The van der Waals surface area contributed by atoms with Crippen LogP contribution in [0.1, 0.15) is 13.3 Å². The Morgan fingerprint density at radius 2 is 2.21 bits per heavy atom. The Hall–Kier alpha value is -1.33. The molecule has 0 radical (unpaired) electrons. The van der Waals surface area contributed by atoms with E-state index in [9.17, 15) is 13.2 Å². The minimum Gasteiger partial charge on any atom is -0.370 e. The summed E-state index contributed by atoms with van der Waals surface area (Å²) < 4.78 is 37.1. The molecule has 0 amide bonds. The quantitative estimate of drug-likeness (QED) is 0.764. The molecule has 0 aliphatic heterocycles. The first-order valence-electron chi connectivity index (χ1n) is 4.08. The van der Waals surface area contributed by atoms with E-state index in [1.165, 1.54) is 12.3 Å². The van der Waals surface area contributed by atoms with Gasteiger partial charge in [0.2, 0.25) is 5.92 Å². The highest BCUT2D eigenvalue weighted by atomic mass is 19.3. The van der Waals surface area contributed by atoms with E-state index in [1.54, 1.807) is 0 Å². The van der Waals surface area contributed by atoms with Crippen molar-refractivity contribution in [2.75, 3.05) is 11.9 Å². The summed E-state index contributed by atoms with van der Waals surface area (Å²) >= 11 is 0. The van der Waals surface area contributed by atoms with Gasteiger partial charge in [0.05, 0.1) is 0 Å². The molecule has 3 nitrogen and oxygen atoms in total. The van der Waals surface area contributed by atoms with Crippen LogP contribution in [0, 0.1) is 6.08 Å². The molecule has 0 aliphatic carbocycles. The number of aromatic nitrogens is 2. The fraction of sp³-hybridized carbons (Fsp3) is 0.500. The van der Waals surface area contributed by atoms with Gasteiger partial charge < -0.3 is 5.32 Å². The maximum atomic E-state index is 12.4. The molecule has 0 atom stereocenters. The van der Waals surface area contributed by atoms with Crippen LogP contribution in [0.25, 0.3) is 0 Å². The monoisotopic (exact) mass is 205 g/mol. The highest BCUT2D eigenvalue weighted by Gasteiger charge is 2.19. The Kier molecular flexibility index (Phi) is 3.27. The number of anilines is 1. The number of rotatable bonds is 4. The summed E-state index contributed by atoms with van der Waals surface area (Å²) in [5.74, 6) is -2.51. The lowest BCUT2D eigenvalue weighted by molar-refractivity contribution is 0.0167. The molecule has 1 rings (SSSR count). The van der Waals surface area contributed by atoms with Crippen LogP contribution in [-0.2, 0) is 0 Å². The average Bonchev–Trinajstić information content (AvgIpc) is 2.01. The van der Waals surface area contributed by atoms with Crippen LogP contribution in [-0.4, -0.2) is 22.4 Å². The van der Waals surface area contributed by atoms with Gasteiger partial charge in [-0.2, -0.15) is 9.37 Å². The molecular weight excluding hydrogens is 195 g/mol. The van der Waals surface area contributed by atoms with Crippen LogP contribution in [0.3, 0.4) is 0 Å². The van der Waals surface area contributed by atoms with Gasteiger partial charge in [0.25, 0.3) is 0 Å². The molecule has 0 saturated heterocycles. The molecule has 0 spiro atoms. The summed E-state index contributed by atoms with van der Waals surface area (Å²) in [6.45, 7) is 0.870. The zero-order valence-corrected chi connectivity index (χ0v) is 7.60. The molecule has 0 aliphatic rings. The van der Waals surface area contributed by atoms with Gasteiger partial charge in [0, 0.05) is 19.2 Å². The molecule has 0 bridgehead atoms. The normalized spacial score (nSPS) is 11.4. The molecular formula is C8H10F3N3. The van der Waals surface area contributed by atoms with Crippen LogP contribution in [0.4, 0.5) is 19.0 Å². The molecule has 14 heavy (non-hydrogen) atoms. The number of hydrogen-bond donors (Lipinski definition) is 1. The molecule has 0 saturated carbocycles. The molecule has 1 aromatic heterocycles. The van der Waals surface area contributed by atoms with E-state index < -0.39 is 12.0 Å². The SMILES string of the molecule is CC(F)(F)CCNc1ccnc(F)n1. The number of nitrogens with one attached hydrogen (secondary N) is 1. The van der Waals surface area contributed by atoms with Crippen molar-refractivity contribution < 1.29 is 13.2 Å². The van der Waals surface area contributed by atoms with Gasteiger partial charge in [-0.05, 0) is 13.0 Å². The molecule has 1 N–H and O–H groups in total. The maximum absolute atomic E-state index is 12.4. The molecule has 0 fully saturated rings. The fourth-order valence-corrected chi connectivity index (χ4v) is 0.843. The molecule has 0 aromatic carbocycles. The Morgan fingerprint density at radius 3 is 2.79 bits per heavy atom. The first-order valence-corrected chi connectivity index (χ1v) is 4.08. The maximum Gasteiger partial charge on any atom is 0.310 e. The number of alkyl halides is 2. The van der Waals surface area contributed by atoms with Crippen molar-refractivity contribution in [3.05, 3.63) is 18.3 Å². The minimum absolute atomic E-state index is 0.0416. The molecule has 6 heteroatoms. The predicted molar refractivity (Wildman–Crippen MR) is 45.7 cm³/mol. The van der Waals surface area contributed by atoms with Crippen LogP contribution < -0.4 is 5.32 Å². The topological polar surface area (TPSA) is 37.8 Å². The number of halogens is 3. The van der Waals surface area contributed by atoms with E-state index in [-0.39, 0.29) is 18.8 Å². The van der Waals surface area contributed by atoms with E-state index in [1.807, 2.05) is 0 Å². The Morgan fingerprint density at radius 1 is 1.50 bits per heavy atom. The second-order valence-corrected chi connectivity index (χ2v) is 2.96. The second-order valence-electron chi connectivity index (χ2n) is 2.96. The van der Waals surface area contributed by atoms with Crippen molar-refractivity contribution in [2.24, 2.45) is 0 Å². The fourth-order valence-electron chi connectivity index (χ4n) is 0.843. The van der Waals surface area contributed by atoms with E-state index in [2.05, 4.69) is 15.3 Å². The summed E-state index contributed by atoms with van der Waals surface area (Å²) in [7, 11) is 0. The van der Waals surface area contributed by atoms with Crippen LogP contribution in [0.5, 0.6) is 0 Å². The molecule has 1 aromatic rings. The van der Waals surface area contributed by atoms with E-state index >= 15 is 0 Å². The summed E-state index contributed by atoms with van der Waals surface area (Å²) in [5.41, 5.74) is 0. The number of nitrogens with zero attached hydrogens (tertiary/aromatic N) is 2. The van der Waals surface area contributed by atoms with Crippen molar-refractivity contribution in [2.45, 2.75) is 19.3 Å². The van der Waals surface area contributed by atoms with Gasteiger partial charge >= 0.3 is 6.08 Å². The smallest absolute Gasteiger partial charge is 0.310 e. The summed E-state index contributed by atoms with van der Waals surface area (Å²) in [4.78, 5) is 6.59. The van der Waals surface area contributed by atoms with Crippen LogP contribution in [0.15, 0.2) is 12.3 Å². The van der Waals surface area contributed by atoms with Crippen molar-refractivity contribution in [3.63, 3.8) is 0 Å². The van der Waals surface area contributed by atoms with Crippen molar-refractivity contribution >= 4 is 5.82 Å². The van der Waals surface area contributed by atoms with Gasteiger partial charge in [-0.3, -0.25) is 0 Å². The Balaban J connectivity index is 2.39. The average molecular weight is 205 g/mol. The zero-order chi connectivity index (χ0) is 10.6. The lowest BCUT2D eigenvalue weighted by Gasteiger charge is -2.10. The van der Waals surface area contributed by atoms with E-state index in [0.29, 0.717) is 0 Å². The highest BCUT2D eigenvalue weighted by Crippen LogP contribution is 2.16. The summed E-state index contributed by atoms with van der Waals surface area (Å²) in [5, 5.41) is 2.57. The summed E-state index contributed by atoms with van der Waals surface area (Å²) in [6.07, 6.45) is 0.0196. The standard InChI is InChI=1S/C8H10F3N3/c1-8(10,11)3-5-12-6-2-4-13-7(9)14-6/h2,4H,3,5H2,1H3,(H,12,13,14). The zero-order valence-electron chi connectivity index (χ0n) is 7.60. The predicted octanol–water partition coefficient (Wildman–Crippen LogP) is 2.07. The first-order chi connectivity index (χ1) is 6.47. The van der Waals surface area contributed by atoms with Gasteiger partial charge in [-0.1, -0.05) is 0 Å². The van der Waals surface area contributed by atoms with Gasteiger partial charge in [0.15, 0.2) is 0 Å². The minimum atomic E-state index is -2.72. The third-order valence-electron chi connectivity index (χ3n) is 1.50. The third kappa shape index (κ3) is 4.06. The largest absolute Gasteiger partial charge is 0.370 e. The van der Waals surface area contributed by atoms with E-state index in [4.69, 9.17) is 0 Å². The third-order valence-corrected chi connectivity index (χ3v) is 1.50. The number of hydrogen-bond acceptors (Lipinski definition) is 3. The molecule has 78 valence electrons. The van der Waals surface area contributed by atoms with Gasteiger partial charge in [-0.15, -0.1) is 0 Å². The molecule has 1 heterocycles. The Labute approximate surface area is 79.4 Å². The van der Waals surface area contributed by atoms with Crippen molar-refractivity contribution in [1.82, 2.24) is 9.97 Å². The van der Waals surface area contributed by atoms with Crippen LogP contribution >= 0.6 is 0 Å². The lowest BCUT2D eigenvalue weighted by atomic mass is 10.3. The van der Waals surface area contributed by atoms with Crippen molar-refractivity contribution in [3.8, 4) is 0 Å². The summed E-state index contributed by atoms with van der Waals surface area (Å²) in [6, 6.07) is 1.41. The van der Waals surface area contributed by atoms with Gasteiger partial charge in [0.1, 0.15) is 5.82 Å². The first kappa shape index (κ1) is 10.7. The van der Waals surface area contributed by atoms with Gasteiger partial charge in [-0.25, -0.2) is 13.8 Å².